The van der Waals surface area contributed by atoms with Crippen LogP contribution in [0.1, 0.15) is 0 Å². The molecule has 0 radical (unpaired) electrons. The molecule has 0 aromatic heterocycles. The quantitative estimate of drug-likeness (QED) is 0.779. The van der Waals surface area contributed by atoms with Crippen molar-refractivity contribution in [3.8, 4) is 22.6 Å². The summed E-state index contributed by atoms with van der Waals surface area (Å²) in [7, 11) is 1.35. The molecule has 2 nitrogen and oxygen atoms in total. The van der Waals surface area contributed by atoms with E-state index in [0.29, 0.717) is 0 Å². The van der Waals surface area contributed by atoms with Crippen LogP contribution in [-0.4, -0.2) is 13.5 Å². The summed E-state index contributed by atoms with van der Waals surface area (Å²) in [5.41, 5.74) is 0.286. The predicted molar refractivity (Wildman–Crippen MR) is 65.1 cm³/mol. The smallest absolute Gasteiger partial charge is 0.496 e. The molecule has 0 bridgehead atoms. The topological polar surface area (TPSA) is 18.5 Å². The average Bonchev–Trinajstić information content (AvgIpc) is 2.37. The number of alkyl halides is 3. The van der Waals surface area contributed by atoms with Gasteiger partial charge in [0.2, 0.25) is 0 Å². The van der Waals surface area contributed by atoms with Crippen LogP contribution in [0, 0.1) is 5.82 Å². The van der Waals surface area contributed by atoms with Crippen LogP contribution in [0.15, 0.2) is 42.5 Å². The Morgan fingerprint density at radius 1 is 0.900 bits per heavy atom. The first-order valence-electron chi connectivity index (χ1n) is 5.59. The lowest BCUT2D eigenvalue weighted by molar-refractivity contribution is -0.274. The molecule has 2 aromatic carbocycles. The molecule has 0 fully saturated rings. The van der Waals surface area contributed by atoms with Gasteiger partial charge >= 0.3 is 6.36 Å². The Morgan fingerprint density at radius 2 is 1.60 bits per heavy atom. The summed E-state index contributed by atoms with van der Waals surface area (Å²) in [6, 6.07) is 9.09. The van der Waals surface area contributed by atoms with Gasteiger partial charge < -0.3 is 9.47 Å². The molecule has 0 aliphatic rings. The zero-order chi connectivity index (χ0) is 14.8. The van der Waals surface area contributed by atoms with Gasteiger partial charge in [0.25, 0.3) is 0 Å². The number of hydrogen-bond donors (Lipinski definition) is 0. The third-order valence-corrected chi connectivity index (χ3v) is 2.56. The highest BCUT2D eigenvalue weighted by atomic mass is 19.4. The van der Waals surface area contributed by atoms with Crippen LogP contribution in [0.4, 0.5) is 17.6 Å². The molecule has 0 atom stereocenters. The number of methoxy groups -OCH3 is 1. The van der Waals surface area contributed by atoms with Crippen LogP contribution in [0.5, 0.6) is 11.5 Å². The second kappa shape index (κ2) is 5.40. The zero-order valence-electron chi connectivity index (χ0n) is 10.4. The summed E-state index contributed by atoms with van der Waals surface area (Å²) in [5.74, 6) is -0.740. The lowest BCUT2D eigenvalue weighted by Gasteiger charge is -2.15. The van der Waals surface area contributed by atoms with Gasteiger partial charge in [-0.2, -0.15) is 0 Å². The van der Waals surface area contributed by atoms with E-state index in [1.54, 1.807) is 0 Å². The van der Waals surface area contributed by atoms with Crippen LogP contribution >= 0.6 is 0 Å². The minimum Gasteiger partial charge on any atom is -0.496 e. The molecule has 2 rings (SSSR count). The lowest BCUT2D eigenvalue weighted by atomic mass is 10.0. The Hall–Kier alpha value is -2.24. The van der Waals surface area contributed by atoms with Gasteiger partial charge in [-0.15, -0.1) is 13.2 Å². The van der Waals surface area contributed by atoms with Crippen molar-refractivity contribution in [2.75, 3.05) is 7.11 Å². The Balaban J connectivity index is 2.55. The number of rotatable bonds is 3. The summed E-state index contributed by atoms with van der Waals surface area (Å²) >= 11 is 0. The van der Waals surface area contributed by atoms with Gasteiger partial charge in [-0.25, -0.2) is 4.39 Å². The van der Waals surface area contributed by atoms with Gasteiger partial charge in [-0.3, -0.25) is 0 Å². The molecule has 0 N–H and O–H groups in total. The van der Waals surface area contributed by atoms with Crippen molar-refractivity contribution in [2.24, 2.45) is 0 Å². The van der Waals surface area contributed by atoms with E-state index in [-0.39, 0.29) is 16.9 Å². The third kappa shape index (κ3) is 3.20. The van der Waals surface area contributed by atoms with Crippen LogP contribution in [0.25, 0.3) is 11.1 Å². The fourth-order valence-electron chi connectivity index (χ4n) is 1.79. The van der Waals surface area contributed by atoms with Gasteiger partial charge in [-0.1, -0.05) is 18.2 Å². The highest BCUT2D eigenvalue weighted by Gasteiger charge is 2.32. The Kier molecular flexibility index (Phi) is 3.83. The van der Waals surface area contributed by atoms with Crippen molar-refractivity contribution < 1.29 is 27.0 Å². The van der Waals surface area contributed by atoms with Crippen LogP contribution in [-0.2, 0) is 0 Å². The van der Waals surface area contributed by atoms with E-state index in [0.717, 1.165) is 18.2 Å². The highest BCUT2D eigenvalue weighted by molar-refractivity contribution is 5.75. The standard InChI is InChI=1S/C14H10F4O2/c1-19-12-7-6-9(15)8-11(12)10-4-2-3-5-13(10)20-14(16,17)18/h2-8H,1H3. The number of hydrogen-bond acceptors (Lipinski definition) is 2. The van der Waals surface area contributed by atoms with E-state index in [2.05, 4.69) is 4.74 Å². The minimum absolute atomic E-state index is 0.0983. The summed E-state index contributed by atoms with van der Waals surface area (Å²) < 4.78 is 59.4. The van der Waals surface area contributed by atoms with Crippen LogP contribution < -0.4 is 9.47 Å². The number of para-hydroxylation sites is 1. The predicted octanol–water partition coefficient (Wildman–Crippen LogP) is 4.40. The summed E-state index contributed by atoms with van der Waals surface area (Å²) in [4.78, 5) is 0. The van der Waals surface area contributed by atoms with Gasteiger partial charge in [0.05, 0.1) is 7.11 Å². The molecule has 0 amide bonds. The Bertz CT molecular complexity index is 608. The fraction of sp³-hybridized carbons (Fsp3) is 0.143. The molecule has 0 unspecified atom stereocenters. The molecule has 6 heteroatoms. The van der Waals surface area contributed by atoms with E-state index in [1.807, 2.05) is 0 Å². The van der Waals surface area contributed by atoms with E-state index >= 15 is 0 Å². The maximum Gasteiger partial charge on any atom is 0.573 e. The molecule has 2 aromatic rings. The summed E-state index contributed by atoms with van der Waals surface area (Å²) in [6.45, 7) is 0. The normalized spacial score (nSPS) is 11.2. The number of benzene rings is 2. The molecular formula is C14H10F4O2. The zero-order valence-corrected chi connectivity index (χ0v) is 10.4. The second-order valence-corrected chi connectivity index (χ2v) is 3.89. The Labute approximate surface area is 112 Å². The van der Waals surface area contributed by atoms with Crippen molar-refractivity contribution >= 4 is 0 Å². The molecule has 0 aliphatic heterocycles. The molecule has 0 aliphatic carbocycles. The number of halogens is 4. The van der Waals surface area contributed by atoms with E-state index in [1.165, 1.54) is 31.4 Å². The number of ether oxygens (including phenoxy) is 2. The van der Waals surface area contributed by atoms with Crippen molar-refractivity contribution in [3.05, 3.63) is 48.3 Å². The maximum atomic E-state index is 13.3. The molecule has 0 heterocycles. The van der Waals surface area contributed by atoms with Crippen LogP contribution in [0.3, 0.4) is 0 Å². The molecule has 0 spiro atoms. The van der Waals surface area contributed by atoms with Crippen molar-refractivity contribution in [3.63, 3.8) is 0 Å². The highest BCUT2D eigenvalue weighted by Crippen LogP contribution is 2.38. The van der Waals surface area contributed by atoms with Gasteiger partial charge in [-0.05, 0) is 24.3 Å². The molecule has 0 saturated heterocycles. The minimum atomic E-state index is -4.82. The first kappa shape index (κ1) is 14.2. The third-order valence-electron chi connectivity index (χ3n) is 2.56. The summed E-state index contributed by atoms with van der Waals surface area (Å²) in [5, 5.41) is 0. The fourth-order valence-corrected chi connectivity index (χ4v) is 1.79. The van der Waals surface area contributed by atoms with Gasteiger partial charge in [0.1, 0.15) is 17.3 Å². The Morgan fingerprint density at radius 3 is 2.25 bits per heavy atom. The van der Waals surface area contributed by atoms with E-state index in [9.17, 15) is 17.6 Å². The van der Waals surface area contributed by atoms with E-state index in [4.69, 9.17) is 4.74 Å². The molecule has 20 heavy (non-hydrogen) atoms. The molecular weight excluding hydrogens is 276 g/mol. The van der Waals surface area contributed by atoms with Gasteiger partial charge in [0.15, 0.2) is 0 Å². The maximum absolute atomic E-state index is 13.3. The monoisotopic (exact) mass is 286 g/mol. The van der Waals surface area contributed by atoms with Crippen LogP contribution in [0.2, 0.25) is 0 Å². The van der Waals surface area contributed by atoms with Crippen molar-refractivity contribution in [1.29, 1.82) is 0 Å². The van der Waals surface area contributed by atoms with Crippen molar-refractivity contribution in [1.82, 2.24) is 0 Å². The second-order valence-electron chi connectivity index (χ2n) is 3.89. The first-order valence-corrected chi connectivity index (χ1v) is 5.59. The van der Waals surface area contributed by atoms with E-state index < -0.39 is 17.9 Å². The molecule has 106 valence electrons. The lowest BCUT2D eigenvalue weighted by Crippen LogP contribution is -2.17. The SMILES string of the molecule is COc1ccc(F)cc1-c1ccccc1OC(F)(F)F. The largest absolute Gasteiger partial charge is 0.573 e. The summed E-state index contributed by atoms with van der Waals surface area (Å²) in [6.07, 6.45) is -4.82. The average molecular weight is 286 g/mol. The van der Waals surface area contributed by atoms with Gasteiger partial charge in [0, 0.05) is 11.1 Å². The molecule has 0 saturated carbocycles. The van der Waals surface area contributed by atoms with Crippen molar-refractivity contribution in [2.45, 2.75) is 6.36 Å². The first-order chi connectivity index (χ1) is 9.40.